The number of hydrogen-bond acceptors (Lipinski definition) is 2. The minimum atomic E-state index is 0. The second-order valence-electron chi connectivity index (χ2n) is 4.27. The average molecular weight is 356 g/mol. The molecular formula is C11H25IN4O. The van der Waals surface area contributed by atoms with Gasteiger partial charge in [-0.2, -0.15) is 0 Å². The van der Waals surface area contributed by atoms with E-state index in [0.29, 0.717) is 19.0 Å². The second-order valence-corrected chi connectivity index (χ2v) is 4.27. The number of hydrogen-bond donors (Lipinski definition) is 3. The van der Waals surface area contributed by atoms with Gasteiger partial charge in [-0.25, -0.2) is 0 Å². The summed E-state index contributed by atoms with van der Waals surface area (Å²) in [6, 6.07) is 0.524. The van der Waals surface area contributed by atoms with Crippen molar-refractivity contribution in [1.29, 1.82) is 0 Å². The van der Waals surface area contributed by atoms with Crippen LogP contribution in [-0.2, 0) is 4.79 Å². The van der Waals surface area contributed by atoms with Crippen LogP contribution in [0.4, 0.5) is 0 Å². The van der Waals surface area contributed by atoms with Gasteiger partial charge >= 0.3 is 0 Å². The molecule has 0 aliphatic heterocycles. The number of amides is 1. The normalized spacial score (nSPS) is 11.1. The Morgan fingerprint density at radius 2 is 1.65 bits per heavy atom. The van der Waals surface area contributed by atoms with Crippen molar-refractivity contribution < 1.29 is 4.79 Å². The highest BCUT2D eigenvalue weighted by atomic mass is 127. The number of carbonyl (C=O) groups excluding carboxylic acids is 1. The first-order valence-electron chi connectivity index (χ1n) is 5.72. The van der Waals surface area contributed by atoms with Crippen molar-refractivity contribution >= 4 is 35.8 Å². The Morgan fingerprint density at radius 1 is 1.12 bits per heavy atom. The molecule has 3 N–H and O–H groups in total. The lowest BCUT2D eigenvalue weighted by molar-refractivity contribution is -0.121. The molecule has 0 aromatic rings. The maximum atomic E-state index is 11.3. The van der Waals surface area contributed by atoms with Crippen LogP contribution in [0, 0.1) is 0 Å². The van der Waals surface area contributed by atoms with Crippen molar-refractivity contribution in [2.75, 3.05) is 13.6 Å². The number of nitrogens with one attached hydrogen (secondary N) is 3. The number of halogens is 1. The fraction of sp³-hybridized carbons (Fsp3) is 0.818. The zero-order chi connectivity index (χ0) is 12.6. The molecule has 0 aromatic carbocycles. The molecule has 0 heterocycles. The standard InChI is InChI=1S/C11H24N4O.HI/c1-8(2)14-10(16)6-7-13-11(12-5)15-9(3)4;/h8-9H,6-7H2,1-5H3,(H,14,16)(H2,12,13,15);1H. The fourth-order valence-electron chi connectivity index (χ4n) is 1.16. The Morgan fingerprint density at radius 3 is 2.06 bits per heavy atom. The third-order valence-electron chi connectivity index (χ3n) is 1.74. The summed E-state index contributed by atoms with van der Waals surface area (Å²) in [5.41, 5.74) is 0. The lowest BCUT2D eigenvalue weighted by Crippen LogP contribution is -2.42. The van der Waals surface area contributed by atoms with Gasteiger partial charge in [0.25, 0.3) is 0 Å². The van der Waals surface area contributed by atoms with Crippen LogP contribution in [0.5, 0.6) is 0 Å². The quantitative estimate of drug-likeness (QED) is 0.393. The Labute approximate surface area is 121 Å². The van der Waals surface area contributed by atoms with Crippen molar-refractivity contribution in [2.45, 2.75) is 46.2 Å². The van der Waals surface area contributed by atoms with Gasteiger partial charge in [0.1, 0.15) is 0 Å². The van der Waals surface area contributed by atoms with Crippen LogP contribution in [0.15, 0.2) is 4.99 Å². The molecule has 0 fully saturated rings. The number of carbonyl (C=O) groups is 1. The summed E-state index contributed by atoms with van der Waals surface area (Å²) >= 11 is 0. The van der Waals surface area contributed by atoms with E-state index in [1.54, 1.807) is 7.05 Å². The van der Waals surface area contributed by atoms with Crippen LogP contribution in [0.25, 0.3) is 0 Å². The molecule has 0 atom stereocenters. The number of guanidine groups is 1. The van der Waals surface area contributed by atoms with Crippen LogP contribution in [0.3, 0.4) is 0 Å². The van der Waals surface area contributed by atoms with Gasteiger partial charge in [-0.3, -0.25) is 9.79 Å². The molecule has 0 aliphatic rings. The average Bonchev–Trinajstić information content (AvgIpc) is 2.14. The summed E-state index contributed by atoms with van der Waals surface area (Å²) in [5, 5.41) is 9.07. The molecule has 6 heteroatoms. The van der Waals surface area contributed by atoms with Gasteiger partial charge in [0.05, 0.1) is 0 Å². The molecule has 0 aromatic heterocycles. The minimum Gasteiger partial charge on any atom is -0.356 e. The van der Waals surface area contributed by atoms with Crippen LogP contribution in [0.1, 0.15) is 34.1 Å². The predicted octanol–water partition coefficient (Wildman–Crippen LogP) is 1.09. The fourth-order valence-corrected chi connectivity index (χ4v) is 1.16. The molecule has 0 unspecified atom stereocenters. The zero-order valence-corrected chi connectivity index (χ0v) is 13.7. The van der Waals surface area contributed by atoms with E-state index in [1.807, 2.05) is 27.7 Å². The summed E-state index contributed by atoms with van der Waals surface area (Å²) in [4.78, 5) is 15.4. The highest BCUT2D eigenvalue weighted by molar-refractivity contribution is 14.0. The molecule has 0 saturated heterocycles. The van der Waals surface area contributed by atoms with Gasteiger partial charge in [0, 0.05) is 32.1 Å². The van der Waals surface area contributed by atoms with E-state index in [0.717, 1.165) is 5.96 Å². The Balaban J connectivity index is 0. The maximum Gasteiger partial charge on any atom is 0.221 e. The summed E-state index contributed by atoms with van der Waals surface area (Å²) in [6.07, 6.45) is 0.455. The van der Waals surface area contributed by atoms with E-state index >= 15 is 0 Å². The largest absolute Gasteiger partial charge is 0.356 e. The molecule has 17 heavy (non-hydrogen) atoms. The SMILES string of the molecule is CN=C(NCCC(=O)NC(C)C)NC(C)C.I. The van der Waals surface area contributed by atoms with Gasteiger partial charge in [-0.05, 0) is 27.7 Å². The molecule has 0 spiro atoms. The lowest BCUT2D eigenvalue weighted by Gasteiger charge is -2.14. The highest BCUT2D eigenvalue weighted by Gasteiger charge is 2.04. The smallest absolute Gasteiger partial charge is 0.221 e. The highest BCUT2D eigenvalue weighted by Crippen LogP contribution is 1.83. The van der Waals surface area contributed by atoms with Crippen molar-refractivity contribution in [1.82, 2.24) is 16.0 Å². The van der Waals surface area contributed by atoms with Crippen LogP contribution >= 0.6 is 24.0 Å². The molecule has 102 valence electrons. The molecule has 0 aliphatic carbocycles. The molecule has 1 amide bonds. The summed E-state index contributed by atoms with van der Waals surface area (Å²) in [5.74, 6) is 0.787. The topological polar surface area (TPSA) is 65.5 Å². The lowest BCUT2D eigenvalue weighted by atomic mass is 10.3. The van der Waals surface area contributed by atoms with E-state index in [4.69, 9.17) is 0 Å². The number of aliphatic imine (C=N–C) groups is 1. The second kappa shape index (κ2) is 10.6. The van der Waals surface area contributed by atoms with Crippen LogP contribution in [-0.4, -0.2) is 37.5 Å². The van der Waals surface area contributed by atoms with E-state index in [9.17, 15) is 4.79 Å². The predicted molar refractivity (Wildman–Crippen MR) is 82.9 cm³/mol. The zero-order valence-electron chi connectivity index (χ0n) is 11.3. The van der Waals surface area contributed by atoms with E-state index in [-0.39, 0.29) is 35.9 Å². The third-order valence-corrected chi connectivity index (χ3v) is 1.74. The van der Waals surface area contributed by atoms with Crippen molar-refractivity contribution in [2.24, 2.45) is 4.99 Å². The monoisotopic (exact) mass is 356 g/mol. The number of nitrogens with zero attached hydrogens (tertiary/aromatic N) is 1. The van der Waals surface area contributed by atoms with Gasteiger partial charge < -0.3 is 16.0 Å². The van der Waals surface area contributed by atoms with E-state index in [2.05, 4.69) is 20.9 Å². The first-order valence-corrected chi connectivity index (χ1v) is 5.72. The third kappa shape index (κ3) is 11.7. The summed E-state index contributed by atoms with van der Waals surface area (Å²) in [6.45, 7) is 8.57. The Bertz CT molecular complexity index is 242. The Hall–Kier alpha value is -0.530. The molecular weight excluding hydrogens is 331 g/mol. The molecule has 0 saturated carbocycles. The Kier molecular flexibility index (Phi) is 11.8. The van der Waals surface area contributed by atoms with Crippen molar-refractivity contribution in [3.63, 3.8) is 0 Å². The molecule has 0 rings (SSSR count). The van der Waals surface area contributed by atoms with Gasteiger partial charge in [-0.15, -0.1) is 24.0 Å². The van der Waals surface area contributed by atoms with E-state index < -0.39 is 0 Å². The van der Waals surface area contributed by atoms with E-state index in [1.165, 1.54) is 0 Å². The first-order chi connectivity index (χ1) is 7.45. The van der Waals surface area contributed by atoms with Crippen LogP contribution < -0.4 is 16.0 Å². The maximum absolute atomic E-state index is 11.3. The van der Waals surface area contributed by atoms with Gasteiger partial charge in [0.15, 0.2) is 5.96 Å². The van der Waals surface area contributed by atoms with Gasteiger partial charge in [0.2, 0.25) is 5.91 Å². The van der Waals surface area contributed by atoms with Crippen molar-refractivity contribution in [3.05, 3.63) is 0 Å². The minimum absolute atomic E-state index is 0. The first kappa shape index (κ1) is 18.8. The molecule has 0 radical (unpaired) electrons. The number of rotatable bonds is 5. The summed E-state index contributed by atoms with van der Waals surface area (Å²) < 4.78 is 0. The van der Waals surface area contributed by atoms with Gasteiger partial charge in [-0.1, -0.05) is 0 Å². The summed E-state index contributed by atoms with van der Waals surface area (Å²) in [7, 11) is 1.71. The molecule has 0 bridgehead atoms. The molecule has 5 nitrogen and oxygen atoms in total. The van der Waals surface area contributed by atoms with Crippen LogP contribution in [0.2, 0.25) is 0 Å². The van der Waals surface area contributed by atoms with Crippen molar-refractivity contribution in [3.8, 4) is 0 Å².